The summed E-state index contributed by atoms with van der Waals surface area (Å²) in [5, 5.41) is 14.3. The van der Waals surface area contributed by atoms with Crippen LogP contribution in [0.4, 0.5) is 0 Å². The Morgan fingerprint density at radius 2 is 2.04 bits per heavy atom. The molecular weight excluding hydrogens is 324 g/mol. The van der Waals surface area contributed by atoms with Crippen molar-refractivity contribution in [1.82, 2.24) is 9.21 Å². The lowest BCUT2D eigenvalue weighted by atomic mass is 10.3. The molecule has 0 bridgehead atoms. The van der Waals surface area contributed by atoms with E-state index >= 15 is 0 Å². The lowest BCUT2D eigenvalue weighted by Gasteiger charge is -2.34. The molecule has 1 aromatic rings. The summed E-state index contributed by atoms with van der Waals surface area (Å²) in [5.41, 5.74) is 0. The van der Waals surface area contributed by atoms with Gasteiger partial charge in [0.05, 0.1) is 11.6 Å². The van der Waals surface area contributed by atoms with Crippen molar-refractivity contribution in [3.8, 4) is 0 Å². The molecule has 0 radical (unpaired) electrons. The maximum atomic E-state index is 12.6. The van der Waals surface area contributed by atoms with Crippen molar-refractivity contribution in [2.45, 2.75) is 11.3 Å². The summed E-state index contributed by atoms with van der Waals surface area (Å²) >= 11 is 0. The van der Waals surface area contributed by atoms with Gasteiger partial charge in [-0.05, 0) is 23.4 Å². The SMILES string of the molecule is CO/N=[N+](\[O-])CC(=O)N1CCCN(S(=O)(=O)c2ccccc2)C1. The van der Waals surface area contributed by atoms with Crippen molar-refractivity contribution in [2.75, 3.05) is 33.4 Å². The van der Waals surface area contributed by atoms with Gasteiger partial charge >= 0.3 is 0 Å². The van der Waals surface area contributed by atoms with Crippen molar-refractivity contribution in [2.24, 2.45) is 5.28 Å². The Labute approximate surface area is 134 Å². The molecule has 2 rings (SSSR count). The van der Waals surface area contributed by atoms with E-state index < -0.39 is 22.5 Å². The molecule has 1 saturated heterocycles. The number of hydroxylamine groups is 1. The van der Waals surface area contributed by atoms with Gasteiger partial charge in [-0.15, -0.1) is 0 Å². The fourth-order valence-corrected chi connectivity index (χ4v) is 3.71. The third-order valence-electron chi connectivity index (χ3n) is 3.34. The number of sulfonamides is 1. The van der Waals surface area contributed by atoms with Crippen LogP contribution in [0.25, 0.3) is 0 Å². The van der Waals surface area contributed by atoms with Crippen LogP contribution in [0.5, 0.6) is 0 Å². The minimum atomic E-state index is -3.67. The number of hydrogen-bond acceptors (Lipinski definition) is 6. The monoisotopic (exact) mass is 342 g/mol. The average molecular weight is 342 g/mol. The first kappa shape index (κ1) is 17.2. The van der Waals surface area contributed by atoms with Crippen LogP contribution in [0.15, 0.2) is 40.5 Å². The summed E-state index contributed by atoms with van der Waals surface area (Å²) in [5.74, 6) is -0.506. The van der Waals surface area contributed by atoms with Crippen LogP contribution in [0, 0.1) is 5.21 Å². The molecule has 0 saturated carbocycles. The summed E-state index contributed by atoms with van der Waals surface area (Å²) in [6.07, 6.45) is 0.498. The number of rotatable bonds is 5. The van der Waals surface area contributed by atoms with Gasteiger partial charge in [-0.3, -0.25) is 4.79 Å². The Bertz CT molecular complexity index is 677. The molecule has 1 aromatic carbocycles. The van der Waals surface area contributed by atoms with Crippen LogP contribution in [-0.4, -0.2) is 61.8 Å². The smallest absolute Gasteiger partial charge is 0.293 e. The van der Waals surface area contributed by atoms with E-state index in [1.807, 2.05) is 0 Å². The second-order valence-corrected chi connectivity index (χ2v) is 6.86. The van der Waals surface area contributed by atoms with Crippen LogP contribution in [0.2, 0.25) is 0 Å². The van der Waals surface area contributed by atoms with E-state index in [1.165, 1.54) is 28.4 Å². The Kier molecular flexibility index (Phi) is 5.50. The number of carbonyl (C=O) groups is 1. The number of nitrogens with zero attached hydrogens (tertiary/aromatic N) is 4. The second kappa shape index (κ2) is 7.38. The molecule has 0 atom stereocenters. The molecule has 1 aliphatic heterocycles. The highest BCUT2D eigenvalue weighted by Gasteiger charge is 2.31. The van der Waals surface area contributed by atoms with Crippen molar-refractivity contribution in [1.29, 1.82) is 0 Å². The molecule has 0 spiro atoms. The lowest BCUT2D eigenvalue weighted by Crippen LogP contribution is -2.50. The fourth-order valence-electron chi connectivity index (χ4n) is 2.25. The Balaban J connectivity index is 2.09. The molecule has 1 fully saturated rings. The fraction of sp³-hybridized carbons (Fsp3) is 0.462. The highest BCUT2D eigenvalue weighted by Crippen LogP contribution is 2.19. The Morgan fingerprint density at radius 3 is 2.70 bits per heavy atom. The van der Waals surface area contributed by atoms with Crippen LogP contribution in [-0.2, 0) is 19.7 Å². The zero-order chi connectivity index (χ0) is 16.9. The molecule has 0 N–H and O–H groups in total. The zero-order valence-corrected chi connectivity index (χ0v) is 13.5. The predicted molar refractivity (Wildman–Crippen MR) is 79.5 cm³/mol. The normalized spacial score (nSPS) is 17.1. The van der Waals surface area contributed by atoms with E-state index in [4.69, 9.17) is 0 Å². The summed E-state index contributed by atoms with van der Waals surface area (Å²) in [6, 6.07) is 8.02. The van der Waals surface area contributed by atoms with E-state index in [1.54, 1.807) is 18.2 Å². The first-order valence-corrected chi connectivity index (χ1v) is 8.41. The Morgan fingerprint density at radius 1 is 1.35 bits per heavy atom. The van der Waals surface area contributed by atoms with E-state index in [0.717, 1.165) is 0 Å². The van der Waals surface area contributed by atoms with Crippen LogP contribution in [0.3, 0.4) is 0 Å². The minimum Gasteiger partial charge on any atom is -0.597 e. The quantitative estimate of drug-likeness (QED) is 0.437. The Hall–Kier alpha value is -2.20. The van der Waals surface area contributed by atoms with Crippen molar-refractivity contribution >= 4 is 15.9 Å². The molecule has 1 heterocycles. The second-order valence-electron chi connectivity index (χ2n) is 4.92. The van der Waals surface area contributed by atoms with E-state index in [9.17, 15) is 18.4 Å². The van der Waals surface area contributed by atoms with Crippen molar-refractivity contribution < 1.29 is 22.9 Å². The molecule has 1 amide bonds. The van der Waals surface area contributed by atoms with Crippen LogP contribution < -0.4 is 0 Å². The maximum absolute atomic E-state index is 12.6. The van der Waals surface area contributed by atoms with E-state index in [-0.39, 0.29) is 16.4 Å². The van der Waals surface area contributed by atoms with Crippen LogP contribution in [0.1, 0.15) is 6.42 Å². The highest BCUT2D eigenvalue weighted by molar-refractivity contribution is 7.89. The first-order valence-electron chi connectivity index (χ1n) is 6.97. The number of carbonyl (C=O) groups excluding carboxylic acids is 1. The summed E-state index contributed by atoms with van der Waals surface area (Å²) in [7, 11) is -2.47. The third-order valence-corrected chi connectivity index (χ3v) is 5.19. The zero-order valence-electron chi connectivity index (χ0n) is 12.7. The number of hydrogen-bond donors (Lipinski definition) is 0. The van der Waals surface area contributed by atoms with Gasteiger partial charge in [0.15, 0.2) is 5.28 Å². The summed E-state index contributed by atoms with van der Waals surface area (Å²) in [6.45, 7) is 0.106. The number of amides is 1. The van der Waals surface area contributed by atoms with Gasteiger partial charge in [0.1, 0.15) is 7.11 Å². The van der Waals surface area contributed by atoms with Gasteiger partial charge in [0.25, 0.3) is 12.5 Å². The molecule has 10 heteroatoms. The van der Waals surface area contributed by atoms with Gasteiger partial charge in [-0.1, -0.05) is 18.2 Å². The molecule has 126 valence electrons. The third kappa shape index (κ3) is 4.17. The lowest BCUT2D eigenvalue weighted by molar-refractivity contribution is -0.547. The molecule has 0 aromatic heterocycles. The van der Waals surface area contributed by atoms with Gasteiger partial charge in [0.2, 0.25) is 10.0 Å². The standard InChI is InChI=1S/C13H18N4O5S/c1-22-14-17(19)10-13(18)15-8-5-9-16(11-15)23(20,21)12-6-3-2-4-7-12/h2-4,6-7H,5,8-11H2,1H3/b17-14-. The van der Waals surface area contributed by atoms with Gasteiger partial charge in [-0.25, -0.2) is 8.42 Å². The van der Waals surface area contributed by atoms with Gasteiger partial charge in [0, 0.05) is 13.1 Å². The molecule has 23 heavy (non-hydrogen) atoms. The van der Waals surface area contributed by atoms with Crippen molar-refractivity contribution in [3.63, 3.8) is 0 Å². The van der Waals surface area contributed by atoms with Crippen molar-refractivity contribution in [3.05, 3.63) is 35.5 Å². The maximum Gasteiger partial charge on any atom is 0.293 e. The highest BCUT2D eigenvalue weighted by atomic mass is 32.2. The largest absolute Gasteiger partial charge is 0.597 e. The van der Waals surface area contributed by atoms with Gasteiger partial charge < -0.3 is 14.9 Å². The number of benzene rings is 1. The molecule has 0 unspecified atom stereocenters. The minimum absolute atomic E-state index is 0.0864. The van der Waals surface area contributed by atoms with E-state index in [0.29, 0.717) is 19.5 Å². The summed E-state index contributed by atoms with van der Waals surface area (Å²) in [4.78, 5) is 17.9. The molecule has 1 aliphatic rings. The molecule has 9 nitrogen and oxygen atoms in total. The van der Waals surface area contributed by atoms with Gasteiger partial charge in [-0.2, -0.15) is 4.31 Å². The first-order chi connectivity index (χ1) is 10.9. The summed E-state index contributed by atoms with van der Waals surface area (Å²) < 4.78 is 26.3. The topological polar surface area (TPSA) is 105 Å². The van der Waals surface area contributed by atoms with E-state index in [2.05, 4.69) is 10.1 Å². The molecular formula is C13H18N4O5S. The molecule has 0 aliphatic carbocycles. The average Bonchev–Trinajstić information content (AvgIpc) is 2.56. The van der Waals surface area contributed by atoms with Crippen LogP contribution >= 0.6 is 0 Å². The predicted octanol–water partition coefficient (Wildman–Crippen LogP) is 0.391.